The highest BCUT2D eigenvalue weighted by atomic mass is 16.3. The number of nitrogens with zero attached hydrogens (tertiary/aromatic N) is 1. The molecular weight excluding hydrogens is 186 g/mol. The highest BCUT2D eigenvalue weighted by Gasteiger charge is 2.41. The van der Waals surface area contributed by atoms with Crippen LogP contribution in [-0.4, -0.2) is 10.7 Å². The van der Waals surface area contributed by atoms with Crippen molar-refractivity contribution in [3.05, 3.63) is 35.4 Å². The summed E-state index contributed by atoms with van der Waals surface area (Å²) >= 11 is 0. The van der Waals surface area contributed by atoms with Gasteiger partial charge in [0, 0.05) is 12.8 Å². The Bertz CT molecular complexity index is 380. The van der Waals surface area contributed by atoms with Gasteiger partial charge in [-0.25, -0.2) is 0 Å². The fourth-order valence-electron chi connectivity index (χ4n) is 2.46. The van der Waals surface area contributed by atoms with Crippen molar-refractivity contribution in [2.24, 2.45) is 5.92 Å². The largest absolute Gasteiger partial charge is 0.388 e. The standard InChI is InChI=1S/C13H15NO/c1-2-12(9-14)13(15)7-10-5-3-4-6-11(10)8-13/h3-6,12,15H,2,7-8H2,1H3. The second-order valence-electron chi connectivity index (χ2n) is 4.32. The third-order valence-electron chi connectivity index (χ3n) is 3.32. The first-order valence-electron chi connectivity index (χ1n) is 5.38. The van der Waals surface area contributed by atoms with Crippen LogP contribution in [0.15, 0.2) is 24.3 Å². The molecule has 78 valence electrons. The monoisotopic (exact) mass is 201 g/mol. The SMILES string of the molecule is CCC(C#N)C1(O)Cc2ccccc2C1. The van der Waals surface area contributed by atoms with E-state index in [0.29, 0.717) is 19.3 Å². The van der Waals surface area contributed by atoms with Crippen LogP contribution in [0, 0.1) is 17.2 Å². The molecule has 0 spiro atoms. The zero-order valence-corrected chi connectivity index (χ0v) is 8.90. The molecule has 2 nitrogen and oxygen atoms in total. The second kappa shape index (κ2) is 3.67. The van der Waals surface area contributed by atoms with Gasteiger partial charge >= 0.3 is 0 Å². The Kier molecular flexibility index (Phi) is 2.50. The summed E-state index contributed by atoms with van der Waals surface area (Å²) in [6.45, 7) is 1.95. The highest BCUT2D eigenvalue weighted by molar-refractivity contribution is 5.36. The van der Waals surface area contributed by atoms with E-state index in [1.54, 1.807) is 0 Å². The van der Waals surface area contributed by atoms with Gasteiger partial charge in [-0.15, -0.1) is 0 Å². The van der Waals surface area contributed by atoms with Crippen LogP contribution in [-0.2, 0) is 12.8 Å². The summed E-state index contributed by atoms with van der Waals surface area (Å²) in [5, 5.41) is 19.5. The van der Waals surface area contributed by atoms with Crippen LogP contribution < -0.4 is 0 Å². The van der Waals surface area contributed by atoms with Crippen molar-refractivity contribution in [1.29, 1.82) is 5.26 Å². The fraction of sp³-hybridized carbons (Fsp3) is 0.462. The van der Waals surface area contributed by atoms with E-state index < -0.39 is 5.60 Å². The number of rotatable bonds is 2. The normalized spacial score (nSPS) is 19.3. The van der Waals surface area contributed by atoms with Crippen molar-refractivity contribution in [3.8, 4) is 6.07 Å². The zero-order valence-electron chi connectivity index (χ0n) is 8.90. The van der Waals surface area contributed by atoms with Gasteiger partial charge in [0.1, 0.15) is 0 Å². The van der Waals surface area contributed by atoms with Crippen LogP contribution in [0.3, 0.4) is 0 Å². The van der Waals surface area contributed by atoms with Gasteiger partial charge in [-0.1, -0.05) is 31.2 Å². The lowest BCUT2D eigenvalue weighted by molar-refractivity contribution is 0.0112. The summed E-state index contributed by atoms with van der Waals surface area (Å²) in [5.41, 5.74) is 1.54. The molecule has 15 heavy (non-hydrogen) atoms. The van der Waals surface area contributed by atoms with Gasteiger partial charge in [0.2, 0.25) is 0 Å². The summed E-state index contributed by atoms with van der Waals surface area (Å²) in [5.74, 6) is -0.259. The minimum absolute atomic E-state index is 0.259. The zero-order chi connectivity index (χ0) is 10.9. The van der Waals surface area contributed by atoms with E-state index in [9.17, 15) is 5.11 Å². The third kappa shape index (κ3) is 1.64. The van der Waals surface area contributed by atoms with Crippen molar-refractivity contribution in [1.82, 2.24) is 0 Å². The molecule has 1 unspecified atom stereocenters. The molecule has 2 heteroatoms. The molecule has 1 atom stereocenters. The van der Waals surface area contributed by atoms with Crippen molar-refractivity contribution < 1.29 is 5.11 Å². The Balaban J connectivity index is 2.28. The van der Waals surface area contributed by atoms with Crippen LogP contribution in [0.4, 0.5) is 0 Å². The Morgan fingerprint density at radius 2 is 1.93 bits per heavy atom. The van der Waals surface area contributed by atoms with E-state index in [-0.39, 0.29) is 5.92 Å². The number of fused-ring (bicyclic) bond motifs is 1. The molecule has 0 aromatic heterocycles. The number of hydrogen-bond donors (Lipinski definition) is 1. The Morgan fingerprint density at radius 1 is 1.40 bits per heavy atom. The molecule has 0 fully saturated rings. The van der Waals surface area contributed by atoms with Gasteiger partial charge in [-0.2, -0.15) is 5.26 Å². The average molecular weight is 201 g/mol. The molecule has 0 heterocycles. The molecule has 1 aromatic carbocycles. The Labute approximate surface area is 90.2 Å². The first-order chi connectivity index (χ1) is 7.19. The lowest BCUT2D eigenvalue weighted by Crippen LogP contribution is -2.37. The molecule has 1 aliphatic rings. The lowest BCUT2D eigenvalue weighted by Gasteiger charge is -2.26. The molecule has 1 aliphatic carbocycles. The maximum atomic E-state index is 10.4. The van der Waals surface area contributed by atoms with Gasteiger partial charge in [0.05, 0.1) is 17.6 Å². The predicted molar refractivity (Wildman–Crippen MR) is 58.2 cm³/mol. The topological polar surface area (TPSA) is 44.0 Å². The minimum atomic E-state index is -0.840. The summed E-state index contributed by atoms with van der Waals surface area (Å²) < 4.78 is 0. The maximum absolute atomic E-state index is 10.4. The quantitative estimate of drug-likeness (QED) is 0.796. The number of nitriles is 1. The number of hydrogen-bond acceptors (Lipinski definition) is 2. The van der Waals surface area contributed by atoms with E-state index >= 15 is 0 Å². The van der Waals surface area contributed by atoms with Crippen molar-refractivity contribution >= 4 is 0 Å². The van der Waals surface area contributed by atoms with E-state index in [4.69, 9.17) is 5.26 Å². The molecule has 0 radical (unpaired) electrons. The molecule has 0 saturated carbocycles. The van der Waals surface area contributed by atoms with Crippen LogP contribution >= 0.6 is 0 Å². The average Bonchev–Trinajstić information content (AvgIpc) is 2.56. The van der Waals surface area contributed by atoms with Gasteiger partial charge in [0.15, 0.2) is 0 Å². The molecule has 1 N–H and O–H groups in total. The van der Waals surface area contributed by atoms with Crippen LogP contribution in [0.25, 0.3) is 0 Å². The molecule has 0 bridgehead atoms. The van der Waals surface area contributed by atoms with Gasteiger partial charge in [-0.3, -0.25) is 0 Å². The van der Waals surface area contributed by atoms with Gasteiger partial charge < -0.3 is 5.11 Å². The second-order valence-corrected chi connectivity index (χ2v) is 4.32. The first kappa shape index (κ1) is 10.2. The highest BCUT2D eigenvalue weighted by Crippen LogP contribution is 2.36. The van der Waals surface area contributed by atoms with Crippen molar-refractivity contribution in [3.63, 3.8) is 0 Å². The fourth-order valence-corrected chi connectivity index (χ4v) is 2.46. The van der Waals surface area contributed by atoms with E-state index in [0.717, 1.165) is 0 Å². The smallest absolute Gasteiger partial charge is 0.0885 e. The first-order valence-corrected chi connectivity index (χ1v) is 5.38. The molecular formula is C13H15NO. The van der Waals surface area contributed by atoms with Crippen molar-refractivity contribution in [2.75, 3.05) is 0 Å². The summed E-state index contributed by atoms with van der Waals surface area (Å²) in [6, 6.07) is 10.3. The van der Waals surface area contributed by atoms with Gasteiger partial charge in [-0.05, 0) is 17.5 Å². The maximum Gasteiger partial charge on any atom is 0.0885 e. The van der Waals surface area contributed by atoms with Gasteiger partial charge in [0.25, 0.3) is 0 Å². The van der Waals surface area contributed by atoms with Crippen LogP contribution in [0.2, 0.25) is 0 Å². The molecule has 2 rings (SSSR count). The summed E-state index contributed by atoms with van der Waals surface area (Å²) in [6.07, 6.45) is 1.95. The van der Waals surface area contributed by atoms with Crippen molar-refractivity contribution in [2.45, 2.75) is 31.8 Å². The third-order valence-corrected chi connectivity index (χ3v) is 3.32. The minimum Gasteiger partial charge on any atom is -0.388 e. The van der Waals surface area contributed by atoms with Crippen LogP contribution in [0.1, 0.15) is 24.5 Å². The Morgan fingerprint density at radius 3 is 2.33 bits per heavy atom. The molecule has 1 aromatic rings. The molecule has 0 aliphatic heterocycles. The van der Waals surface area contributed by atoms with E-state index in [1.807, 2.05) is 31.2 Å². The Hall–Kier alpha value is -1.33. The summed E-state index contributed by atoms with van der Waals surface area (Å²) in [4.78, 5) is 0. The molecule has 0 saturated heterocycles. The molecule has 0 amide bonds. The summed E-state index contributed by atoms with van der Waals surface area (Å²) in [7, 11) is 0. The predicted octanol–water partition coefficient (Wildman–Crippen LogP) is 2.07. The van der Waals surface area contributed by atoms with E-state index in [2.05, 4.69) is 6.07 Å². The van der Waals surface area contributed by atoms with E-state index in [1.165, 1.54) is 11.1 Å². The number of aliphatic hydroxyl groups is 1. The lowest BCUT2D eigenvalue weighted by atomic mass is 9.84. The number of benzene rings is 1. The van der Waals surface area contributed by atoms with Crippen LogP contribution in [0.5, 0.6) is 0 Å².